The van der Waals surface area contributed by atoms with Crippen LogP contribution in [0.2, 0.25) is 0 Å². The summed E-state index contributed by atoms with van der Waals surface area (Å²) in [5.74, 6) is 2.76. The van der Waals surface area contributed by atoms with Crippen LogP contribution in [0.15, 0.2) is 19.7 Å². The molecule has 1 saturated heterocycles. The molecule has 0 aliphatic carbocycles. The van der Waals surface area contributed by atoms with Crippen LogP contribution in [-0.2, 0) is 11.2 Å². The Hall–Kier alpha value is -2.21. The molecule has 0 saturated carbocycles. The minimum Gasteiger partial charge on any atom is -0.461 e. The molecule has 0 N–H and O–H groups in total. The summed E-state index contributed by atoms with van der Waals surface area (Å²) in [6.45, 7) is 9.26. The third-order valence-corrected chi connectivity index (χ3v) is 6.58. The van der Waals surface area contributed by atoms with E-state index in [-0.39, 0.29) is 12.3 Å². The summed E-state index contributed by atoms with van der Waals surface area (Å²) in [6.07, 6.45) is 0.0925. The predicted molar refractivity (Wildman–Crippen MR) is 109 cm³/mol. The van der Waals surface area contributed by atoms with Crippen LogP contribution in [-0.4, -0.2) is 35.4 Å². The number of amides is 1. The van der Waals surface area contributed by atoms with Gasteiger partial charge in [0, 0.05) is 40.9 Å². The number of aryl methyl sites for hydroxylation is 4. The molecule has 27 heavy (non-hydrogen) atoms. The van der Waals surface area contributed by atoms with Crippen LogP contribution in [0.1, 0.15) is 28.0 Å². The lowest BCUT2D eigenvalue weighted by Crippen LogP contribution is -2.39. The van der Waals surface area contributed by atoms with E-state index in [1.807, 2.05) is 50.4 Å². The number of carbonyl (C=O) groups is 1. The van der Waals surface area contributed by atoms with Crippen molar-refractivity contribution in [2.45, 2.75) is 34.1 Å². The standard InChI is InChI=1S/C21H23NO4S/c1-11-14(4)25-19-13(3)20-16(9-15(11)19)12(2)17(21(24)26-20)10-18(23)22-5-7-27-8-6-22/h9H,5-8,10H2,1-4H3. The molecular weight excluding hydrogens is 362 g/mol. The highest BCUT2D eigenvalue weighted by molar-refractivity contribution is 7.99. The van der Waals surface area contributed by atoms with Gasteiger partial charge in [-0.05, 0) is 44.9 Å². The zero-order chi connectivity index (χ0) is 19.3. The van der Waals surface area contributed by atoms with Crippen LogP contribution in [0.4, 0.5) is 0 Å². The van der Waals surface area contributed by atoms with E-state index >= 15 is 0 Å². The highest BCUT2D eigenvalue weighted by Crippen LogP contribution is 2.34. The van der Waals surface area contributed by atoms with Gasteiger partial charge in [0.15, 0.2) is 0 Å². The van der Waals surface area contributed by atoms with E-state index < -0.39 is 5.63 Å². The Bertz CT molecular complexity index is 1120. The monoisotopic (exact) mass is 385 g/mol. The predicted octanol–water partition coefficient (Wildman–Crippen LogP) is 3.89. The molecule has 142 valence electrons. The fraction of sp³-hybridized carbons (Fsp3) is 0.429. The van der Waals surface area contributed by atoms with Crippen LogP contribution in [0.3, 0.4) is 0 Å². The second kappa shape index (κ2) is 6.75. The summed E-state index contributed by atoms with van der Waals surface area (Å²) in [5, 5.41) is 1.90. The normalized spacial score (nSPS) is 15.0. The molecule has 1 aliphatic heterocycles. The van der Waals surface area contributed by atoms with E-state index in [0.717, 1.165) is 63.4 Å². The molecule has 4 rings (SSSR count). The van der Waals surface area contributed by atoms with Gasteiger partial charge in [0.05, 0.1) is 12.0 Å². The minimum atomic E-state index is -0.429. The number of nitrogens with zero attached hydrogens (tertiary/aromatic N) is 1. The Morgan fingerprint density at radius 1 is 1.00 bits per heavy atom. The third kappa shape index (κ3) is 2.96. The van der Waals surface area contributed by atoms with Crippen molar-refractivity contribution in [2.24, 2.45) is 0 Å². The maximum atomic E-state index is 12.7. The van der Waals surface area contributed by atoms with Gasteiger partial charge in [-0.2, -0.15) is 11.8 Å². The number of furan rings is 1. The highest BCUT2D eigenvalue weighted by atomic mass is 32.2. The lowest BCUT2D eigenvalue weighted by atomic mass is 9.98. The summed E-state index contributed by atoms with van der Waals surface area (Å²) >= 11 is 1.85. The highest BCUT2D eigenvalue weighted by Gasteiger charge is 2.23. The smallest absolute Gasteiger partial charge is 0.340 e. The summed E-state index contributed by atoms with van der Waals surface area (Å²) < 4.78 is 11.5. The van der Waals surface area contributed by atoms with Gasteiger partial charge >= 0.3 is 5.63 Å². The largest absolute Gasteiger partial charge is 0.461 e. The number of fused-ring (bicyclic) bond motifs is 2. The number of thioether (sulfide) groups is 1. The summed E-state index contributed by atoms with van der Waals surface area (Å²) in [5.41, 5.74) is 4.07. The Morgan fingerprint density at radius 2 is 1.63 bits per heavy atom. The van der Waals surface area contributed by atoms with E-state index in [2.05, 4.69) is 0 Å². The zero-order valence-electron chi connectivity index (χ0n) is 16.1. The van der Waals surface area contributed by atoms with Crippen molar-refractivity contribution in [3.8, 4) is 0 Å². The van der Waals surface area contributed by atoms with E-state index in [4.69, 9.17) is 8.83 Å². The Labute approximate surface area is 161 Å². The first-order chi connectivity index (χ1) is 12.9. The van der Waals surface area contributed by atoms with Crippen LogP contribution < -0.4 is 5.63 Å². The first-order valence-corrected chi connectivity index (χ1v) is 10.3. The molecule has 0 bridgehead atoms. The molecule has 3 heterocycles. The number of benzene rings is 1. The van der Waals surface area contributed by atoms with Gasteiger partial charge in [0.2, 0.25) is 5.91 Å². The number of rotatable bonds is 2. The minimum absolute atomic E-state index is 0.00168. The van der Waals surface area contributed by atoms with Gasteiger partial charge in [-0.3, -0.25) is 4.79 Å². The molecule has 5 nitrogen and oxygen atoms in total. The van der Waals surface area contributed by atoms with Crippen LogP contribution in [0.25, 0.3) is 21.9 Å². The molecule has 0 spiro atoms. The van der Waals surface area contributed by atoms with Crippen molar-refractivity contribution < 1.29 is 13.6 Å². The summed E-state index contributed by atoms with van der Waals surface area (Å²) in [4.78, 5) is 27.2. The Kier molecular flexibility index (Phi) is 4.54. The number of carbonyl (C=O) groups excluding carboxylic acids is 1. The lowest BCUT2D eigenvalue weighted by Gasteiger charge is -2.26. The van der Waals surface area contributed by atoms with E-state index in [0.29, 0.717) is 11.1 Å². The fourth-order valence-electron chi connectivity index (χ4n) is 3.77. The molecular formula is C21H23NO4S. The van der Waals surface area contributed by atoms with E-state index in [9.17, 15) is 9.59 Å². The fourth-order valence-corrected chi connectivity index (χ4v) is 4.68. The van der Waals surface area contributed by atoms with Gasteiger partial charge in [-0.1, -0.05) is 0 Å². The maximum Gasteiger partial charge on any atom is 0.340 e. The molecule has 6 heteroatoms. The first kappa shape index (κ1) is 18.2. The molecule has 1 aliphatic rings. The van der Waals surface area contributed by atoms with Crippen molar-refractivity contribution in [3.63, 3.8) is 0 Å². The van der Waals surface area contributed by atoms with E-state index in [1.165, 1.54) is 0 Å². The molecule has 0 unspecified atom stereocenters. The van der Waals surface area contributed by atoms with Gasteiger partial charge in [-0.25, -0.2) is 4.79 Å². The van der Waals surface area contributed by atoms with Gasteiger partial charge in [0.1, 0.15) is 16.9 Å². The summed E-state index contributed by atoms with van der Waals surface area (Å²) in [6, 6.07) is 2.02. The average Bonchev–Trinajstić information content (AvgIpc) is 2.95. The van der Waals surface area contributed by atoms with Crippen molar-refractivity contribution in [2.75, 3.05) is 24.6 Å². The lowest BCUT2D eigenvalue weighted by molar-refractivity contribution is -0.130. The van der Waals surface area contributed by atoms with Crippen molar-refractivity contribution in [1.82, 2.24) is 4.90 Å². The molecule has 1 aromatic carbocycles. The molecule has 1 fully saturated rings. The third-order valence-electron chi connectivity index (χ3n) is 5.64. The van der Waals surface area contributed by atoms with Crippen LogP contribution in [0.5, 0.6) is 0 Å². The van der Waals surface area contributed by atoms with Crippen molar-refractivity contribution in [1.29, 1.82) is 0 Å². The topological polar surface area (TPSA) is 63.7 Å². The van der Waals surface area contributed by atoms with Gasteiger partial charge in [-0.15, -0.1) is 0 Å². The zero-order valence-corrected chi connectivity index (χ0v) is 16.9. The Balaban J connectivity index is 1.84. The summed E-state index contributed by atoms with van der Waals surface area (Å²) in [7, 11) is 0. The first-order valence-electron chi connectivity index (χ1n) is 9.19. The van der Waals surface area contributed by atoms with Gasteiger partial charge < -0.3 is 13.7 Å². The second-order valence-corrected chi connectivity index (χ2v) is 8.43. The Morgan fingerprint density at radius 3 is 2.33 bits per heavy atom. The number of hydrogen-bond donors (Lipinski definition) is 0. The molecule has 0 atom stereocenters. The molecule has 3 aromatic rings. The van der Waals surface area contributed by atoms with E-state index in [1.54, 1.807) is 0 Å². The number of hydrogen-bond acceptors (Lipinski definition) is 5. The van der Waals surface area contributed by atoms with Crippen LogP contribution >= 0.6 is 11.8 Å². The average molecular weight is 385 g/mol. The van der Waals surface area contributed by atoms with Crippen molar-refractivity contribution in [3.05, 3.63) is 44.5 Å². The quantitative estimate of drug-likeness (QED) is 0.626. The van der Waals surface area contributed by atoms with Crippen LogP contribution in [0, 0.1) is 27.7 Å². The second-order valence-electron chi connectivity index (χ2n) is 7.20. The maximum absolute atomic E-state index is 12.7. The van der Waals surface area contributed by atoms with Crippen molar-refractivity contribution >= 4 is 39.6 Å². The van der Waals surface area contributed by atoms with Gasteiger partial charge in [0.25, 0.3) is 0 Å². The molecule has 0 radical (unpaired) electrons. The molecule has 1 amide bonds. The molecule has 2 aromatic heterocycles. The SMILES string of the molecule is Cc1oc2c(C)c3oc(=O)c(CC(=O)N4CCSCC4)c(C)c3cc2c1C.